The van der Waals surface area contributed by atoms with Gasteiger partial charge in [0.05, 0.1) is 5.75 Å². The molecule has 0 saturated heterocycles. The molecule has 1 unspecified atom stereocenters. The van der Waals surface area contributed by atoms with Gasteiger partial charge in [0.1, 0.15) is 0 Å². The first-order chi connectivity index (χ1) is 7.09. The third-order valence-electron chi connectivity index (χ3n) is 2.35. The van der Waals surface area contributed by atoms with Crippen molar-refractivity contribution < 1.29 is 8.42 Å². The smallest absolute Gasteiger partial charge is 0.150 e. The normalized spacial score (nSPS) is 13.7. The summed E-state index contributed by atoms with van der Waals surface area (Å²) in [4.78, 5) is 0. The fourth-order valence-electron chi connectivity index (χ4n) is 1.38. The van der Waals surface area contributed by atoms with Crippen LogP contribution in [0.25, 0.3) is 0 Å². The molecule has 0 fully saturated rings. The molecule has 0 aromatic heterocycles. The van der Waals surface area contributed by atoms with Crippen LogP contribution >= 0.6 is 15.9 Å². The molecule has 0 radical (unpaired) electrons. The Labute approximate surface area is 99.7 Å². The number of sulfone groups is 1. The maximum absolute atomic E-state index is 11.5. The van der Waals surface area contributed by atoms with E-state index in [0.717, 1.165) is 5.56 Å². The van der Waals surface area contributed by atoms with Gasteiger partial charge >= 0.3 is 0 Å². The van der Waals surface area contributed by atoms with Crippen LogP contribution in [0.3, 0.4) is 0 Å². The molecule has 1 aromatic carbocycles. The van der Waals surface area contributed by atoms with Crippen LogP contribution in [0, 0.1) is 0 Å². The highest BCUT2D eigenvalue weighted by molar-refractivity contribution is 9.09. The third kappa shape index (κ3) is 3.95. The van der Waals surface area contributed by atoms with Gasteiger partial charge in [0, 0.05) is 17.0 Å². The van der Waals surface area contributed by atoms with Crippen molar-refractivity contribution in [2.24, 2.45) is 0 Å². The first-order valence-corrected chi connectivity index (χ1v) is 7.84. The molecule has 4 heteroatoms. The van der Waals surface area contributed by atoms with Gasteiger partial charge in [-0.1, -0.05) is 53.2 Å². The Hall–Kier alpha value is -0.350. The van der Waals surface area contributed by atoms with Crippen LogP contribution in [0.1, 0.15) is 18.4 Å². The fourth-order valence-corrected chi connectivity index (χ4v) is 3.44. The molecule has 0 aliphatic heterocycles. The van der Waals surface area contributed by atoms with Gasteiger partial charge in [-0.3, -0.25) is 0 Å². The summed E-state index contributed by atoms with van der Waals surface area (Å²) in [5, 5.41) is 0.677. The minimum Gasteiger partial charge on any atom is -0.229 e. The van der Waals surface area contributed by atoms with Crippen LogP contribution < -0.4 is 0 Å². The quantitative estimate of drug-likeness (QED) is 0.781. The molecule has 0 spiro atoms. The predicted molar refractivity (Wildman–Crippen MR) is 67.3 cm³/mol. The summed E-state index contributed by atoms with van der Waals surface area (Å²) in [5.41, 5.74) is 1.08. The van der Waals surface area contributed by atoms with Crippen LogP contribution in [0.2, 0.25) is 0 Å². The average Bonchev–Trinajstić information content (AvgIpc) is 2.27. The molecule has 0 heterocycles. The molecular formula is C11H15BrO2S. The maximum atomic E-state index is 11.5. The lowest BCUT2D eigenvalue weighted by Crippen LogP contribution is -2.17. The van der Waals surface area contributed by atoms with Crippen molar-refractivity contribution >= 4 is 25.8 Å². The molecule has 15 heavy (non-hydrogen) atoms. The molecule has 0 amide bonds. The Balaban J connectivity index is 2.83. The number of alkyl halides is 1. The number of rotatable bonds is 5. The molecule has 0 aliphatic carbocycles. The zero-order valence-electron chi connectivity index (χ0n) is 8.69. The highest BCUT2D eigenvalue weighted by atomic mass is 79.9. The molecule has 84 valence electrons. The molecule has 1 aromatic rings. The van der Waals surface area contributed by atoms with E-state index in [0.29, 0.717) is 5.33 Å². The molecule has 0 N–H and O–H groups in total. The van der Waals surface area contributed by atoms with Gasteiger partial charge < -0.3 is 0 Å². The minimum atomic E-state index is -2.91. The molecule has 0 bridgehead atoms. The van der Waals surface area contributed by atoms with E-state index in [2.05, 4.69) is 15.9 Å². The van der Waals surface area contributed by atoms with E-state index in [-0.39, 0.29) is 17.4 Å². The lowest BCUT2D eigenvalue weighted by Gasteiger charge is -2.13. The Morgan fingerprint density at radius 2 is 1.87 bits per heavy atom. The van der Waals surface area contributed by atoms with Gasteiger partial charge in [0.25, 0.3) is 0 Å². The van der Waals surface area contributed by atoms with E-state index in [9.17, 15) is 8.42 Å². The second kappa shape index (κ2) is 5.66. The lowest BCUT2D eigenvalue weighted by molar-refractivity contribution is 0.592. The first kappa shape index (κ1) is 12.7. The van der Waals surface area contributed by atoms with E-state index in [4.69, 9.17) is 0 Å². The monoisotopic (exact) mass is 290 g/mol. The van der Waals surface area contributed by atoms with E-state index >= 15 is 0 Å². The number of hydrogen-bond acceptors (Lipinski definition) is 2. The number of benzene rings is 1. The number of hydrogen-bond donors (Lipinski definition) is 0. The highest BCUT2D eigenvalue weighted by Gasteiger charge is 2.17. The lowest BCUT2D eigenvalue weighted by atomic mass is 10.0. The summed E-state index contributed by atoms with van der Waals surface area (Å²) in [6.07, 6.45) is 0. The van der Waals surface area contributed by atoms with E-state index in [1.54, 1.807) is 6.92 Å². The van der Waals surface area contributed by atoms with Crippen LogP contribution in [0.4, 0.5) is 0 Å². The van der Waals surface area contributed by atoms with Crippen molar-refractivity contribution in [2.75, 3.05) is 16.8 Å². The van der Waals surface area contributed by atoms with Crippen molar-refractivity contribution in [1.29, 1.82) is 0 Å². The average molecular weight is 291 g/mol. The van der Waals surface area contributed by atoms with Gasteiger partial charge in [-0.05, 0) is 5.56 Å². The summed E-state index contributed by atoms with van der Waals surface area (Å²) in [6, 6.07) is 9.74. The molecule has 2 nitrogen and oxygen atoms in total. The van der Waals surface area contributed by atoms with Gasteiger partial charge in [-0.15, -0.1) is 0 Å². The van der Waals surface area contributed by atoms with Crippen molar-refractivity contribution in [3.05, 3.63) is 35.9 Å². The maximum Gasteiger partial charge on any atom is 0.150 e. The summed E-state index contributed by atoms with van der Waals surface area (Å²) in [6.45, 7) is 1.69. The Kier molecular flexibility index (Phi) is 4.80. The van der Waals surface area contributed by atoms with Gasteiger partial charge in [0.2, 0.25) is 0 Å². The Morgan fingerprint density at radius 3 is 2.33 bits per heavy atom. The minimum absolute atomic E-state index is 0.0520. The predicted octanol–water partition coefficient (Wildman–Crippen LogP) is 2.60. The van der Waals surface area contributed by atoms with Crippen molar-refractivity contribution in [1.82, 2.24) is 0 Å². The van der Waals surface area contributed by atoms with Crippen LogP contribution in [-0.4, -0.2) is 25.3 Å². The SMILES string of the molecule is CCS(=O)(=O)CC(CBr)c1ccccc1. The zero-order chi connectivity index (χ0) is 11.3. The van der Waals surface area contributed by atoms with Gasteiger partial charge in [-0.2, -0.15) is 0 Å². The van der Waals surface area contributed by atoms with Crippen LogP contribution in [0.5, 0.6) is 0 Å². The van der Waals surface area contributed by atoms with E-state index in [1.807, 2.05) is 30.3 Å². The van der Waals surface area contributed by atoms with Crippen molar-refractivity contribution in [2.45, 2.75) is 12.8 Å². The second-order valence-electron chi connectivity index (χ2n) is 3.46. The van der Waals surface area contributed by atoms with E-state index < -0.39 is 9.84 Å². The van der Waals surface area contributed by atoms with Crippen molar-refractivity contribution in [3.8, 4) is 0 Å². The highest BCUT2D eigenvalue weighted by Crippen LogP contribution is 2.20. The standard InChI is InChI=1S/C11H15BrO2S/c1-2-15(13,14)9-11(8-12)10-6-4-3-5-7-10/h3-7,11H,2,8-9H2,1H3. The molecule has 1 rings (SSSR count). The van der Waals surface area contributed by atoms with Crippen molar-refractivity contribution in [3.63, 3.8) is 0 Å². The summed E-state index contributed by atoms with van der Waals surface area (Å²) in [5.74, 6) is 0.485. The first-order valence-electron chi connectivity index (χ1n) is 4.90. The number of halogens is 1. The largest absolute Gasteiger partial charge is 0.229 e. The van der Waals surface area contributed by atoms with Crippen LogP contribution in [-0.2, 0) is 9.84 Å². The third-order valence-corrected chi connectivity index (χ3v) is 4.92. The summed E-state index contributed by atoms with van der Waals surface area (Å²) in [7, 11) is -2.91. The molecule has 1 atom stereocenters. The van der Waals surface area contributed by atoms with Gasteiger partial charge in [0.15, 0.2) is 9.84 Å². The topological polar surface area (TPSA) is 34.1 Å². The molecule has 0 aliphatic rings. The molecular weight excluding hydrogens is 276 g/mol. The van der Waals surface area contributed by atoms with Crippen LogP contribution in [0.15, 0.2) is 30.3 Å². The summed E-state index contributed by atoms with van der Waals surface area (Å²) < 4.78 is 23.0. The molecule has 0 saturated carbocycles. The second-order valence-corrected chi connectivity index (χ2v) is 6.51. The Bertz CT molecular complexity index is 386. The fraction of sp³-hybridized carbons (Fsp3) is 0.455. The summed E-state index contributed by atoms with van der Waals surface area (Å²) >= 11 is 3.37. The Morgan fingerprint density at radius 1 is 1.27 bits per heavy atom. The zero-order valence-corrected chi connectivity index (χ0v) is 11.1. The van der Waals surface area contributed by atoms with E-state index in [1.165, 1.54) is 0 Å². The van der Waals surface area contributed by atoms with Gasteiger partial charge in [-0.25, -0.2) is 8.42 Å².